The first-order chi connectivity index (χ1) is 6.15. The van der Waals surface area contributed by atoms with Gasteiger partial charge < -0.3 is 10.6 Å². The van der Waals surface area contributed by atoms with Gasteiger partial charge >= 0.3 is 0 Å². The topological polar surface area (TPSA) is 70.9 Å². The van der Waals surface area contributed by atoms with Gasteiger partial charge in [0.1, 0.15) is 0 Å². The van der Waals surface area contributed by atoms with Crippen LogP contribution in [0.1, 0.15) is 6.42 Å². The summed E-state index contributed by atoms with van der Waals surface area (Å²) in [5.41, 5.74) is 6.35. The molecule has 1 rings (SSSR count). The van der Waals surface area contributed by atoms with Crippen molar-refractivity contribution in [2.24, 2.45) is 7.05 Å². The van der Waals surface area contributed by atoms with Crippen LogP contribution < -0.4 is 10.6 Å². The van der Waals surface area contributed by atoms with E-state index < -0.39 is 0 Å². The molecule has 0 aliphatic heterocycles. The summed E-state index contributed by atoms with van der Waals surface area (Å²) in [4.78, 5) is 1.87. The summed E-state index contributed by atoms with van der Waals surface area (Å²) in [6.45, 7) is 0.651. The number of aryl methyl sites for hydroxylation is 1. The molecule has 2 N–H and O–H groups in total. The first kappa shape index (κ1) is 9.39. The average molecular weight is 179 g/mol. The van der Waals surface area contributed by atoms with Crippen LogP contribution in [0.5, 0.6) is 0 Å². The second-order valence-electron chi connectivity index (χ2n) is 2.91. The molecule has 0 amide bonds. The molecule has 0 saturated heterocycles. The third-order valence-corrected chi connectivity index (χ3v) is 1.76. The maximum Gasteiger partial charge on any atom is 0.173 e. The Balaban J connectivity index is 2.71. The van der Waals surface area contributed by atoms with E-state index in [1.54, 1.807) is 10.9 Å². The Morgan fingerprint density at radius 2 is 2.46 bits per heavy atom. The highest BCUT2D eigenvalue weighted by atomic mass is 15.3. The first-order valence-corrected chi connectivity index (χ1v) is 4.02. The Morgan fingerprint density at radius 3 is 2.92 bits per heavy atom. The molecule has 0 radical (unpaired) electrons. The quantitative estimate of drug-likeness (QED) is 0.726. The number of rotatable bonds is 3. The van der Waals surface area contributed by atoms with Crippen LogP contribution in [-0.2, 0) is 7.05 Å². The minimum absolute atomic E-state index is 0.479. The molecular formula is C8H13N5. The summed E-state index contributed by atoms with van der Waals surface area (Å²) in [5, 5.41) is 12.6. The summed E-state index contributed by atoms with van der Waals surface area (Å²) >= 11 is 0. The largest absolute Gasteiger partial charge is 0.394 e. The number of hydrogen-bond acceptors (Lipinski definition) is 4. The van der Waals surface area contributed by atoms with Crippen LogP contribution in [0.25, 0.3) is 0 Å². The summed E-state index contributed by atoms with van der Waals surface area (Å²) in [7, 11) is 3.69. The Labute approximate surface area is 77.4 Å². The lowest BCUT2D eigenvalue weighted by Crippen LogP contribution is -2.19. The maximum atomic E-state index is 8.40. The Kier molecular flexibility index (Phi) is 2.75. The molecule has 0 fully saturated rings. The zero-order chi connectivity index (χ0) is 9.84. The molecule has 0 aliphatic rings. The standard InChI is InChI=1S/C8H13N5/c1-12(5-3-4-9)8-7(10)6-13(2)11-8/h6H,3,5,10H2,1-2H3. The number of hydrogen-bond donors (Lipinski definition) is 1. The predicted molar refractivity (Wildman–Crippen MR) is 51.1 cm³/mol. The lowest BCUT2D eigenvalue weighted by atomic mass is 10.4. The van der Waals surface area contributed by atoms with E-state index in [4.69, 9.17) is 11.0 Å². The molecule has 0 spiro atoms. The van der Waals surface area contributed by atoms with Gasteiger partial charge in [0.2, 0.25) is 0 Å². The average Bonchev–Trinajstić information content (AvgIpc) is 2.41. The Hall–Kier alpha value is -1.70. The Bertz CT molecular complexity index is 322. The van der Waals surface area contributed by atoms with E-state index in [-0.39, 0.29) is 0 Å². The highest BCUT2D eigenvalue weighted by molar-refractivity contribution is 5.61. The lowest BCUT2D eigenvalue weighted by Gasteiger charge is -2.14. The van der Waals surface area contributed by atoms with E-state index in [1.165, 1.54) is 0 Å². The van der Waals surface area contributed by atoms with Crippen molar-refractivity contribution in [3.8, 4) is 6.07 Å². The lowest BCUT2D eigenvalue weighted by molar-refractivity contribution is 0.752. The molecule has 0 unspecified atom stereocenters. The molecule has 5 nitrogen and oxygen atoms in total. The van der Waals surface area contributed by atoms with Crippen LogP contribution >= 0.6 is 0 Å². The molecule has 1 aromatic heterocycles. The van der Waals surface area contributed by atoms with Crippen LogP contribution in [0.3, 0.4) is 0 Å². The molecular weight excluding hydrogens is 166 g/mol. The maximum absolute atomic E-state index is 8.40. The fourth-order valence-electron chi connectivity index (χ4n) is 1.12. The van der Waals surface area contributed by atoms with Crippen molar-refractivity contribution >= 4 is 11.5 Å². The third-order valence-electron chi connectivity index (χ3n) is 1.76. The van der Waals surface area contributed by atoms with Gasteiger partial charge in [-0.3, -0.25) is 4.68 Å². The fourth-order valence-corrected chi connectivity index (χ4v) is 1.12. The SMILES string of the molecule is CN(CCC#N)c1nn(C)cc1N. The van der Waals surface area contributed by atoms with E-state index in [2.05, 4.69) is 11.2 Å². The molecule has 0 bridgehead atoms. The smallest absolute Gasteiger partial charge is 0.173 e. The van der Waals surface area contributed by atoms with Gasteiger partial charge in [-0.05, 0) is 0 Å². The van der Waals surface area contributed by atoms with Crippen LogP contribution in [-0.4, -0.2) is 23.4 Å². The van der Waals surface area contributed by atoms with E-state index in [0.29, 0.717) is 18.7 Å². The summed E-state index contributed by atoms with van der Waals surface area (Å²) in [6.07, 6.45) is 2.23. The minimum Gasteiger partial charge on any atom is -0.394 e. The second-order valence-corrected chi connectivity index (χ2v) is 2.91. The van der Waals surface area contributed by atoms with Gasteiger partial charge in [-0.1, -0.05) is 0 Å². The van der Waals surface area contributed by atoms with Crippen LogP contribution in [0, 0.1) is 11.3 Å². The highest BCUT2D eigenvalue weighted by Crippen LogP contribution is 2.18. The highest BCUT2D eigenvalue weighted by Gasteiger charge is 2.08. The summed E-state index contributed by atoms with van der Waals surface area (Å²) in [5.74, 6) is 0.734. The van der Waals surface area contributed by atoms with Gasteiger partial charge in [0, 0.05) is 26.8 Å². The first-order valence-electron chi connectivity index (χ1n) is 4.02. The number of nitrogens with two attached hydrogens (primary N) is 1. The molecule has 0 atom stereocenters. The van der Waals surface area contributed by atoms with Gasteiger partial charge in [0.05, 0.1) is 18.2 Å². The number of nitrogens with zero attached hydrogens (tertiary/aromatic N) is 4. The van der Waals surface area contributed by atoms with E-state index in [0.717, 1.165) is 5.82 Å². The molecule has 0 saturated carbocycles. The third kappa shape index (κ3) is 2.12. The van der Waals surface area contributed by atoms with E-state index >= 15 is 0 Å². The summed E-state index contributed by atoms with van der Waals surface area (Å²) < 4.78 is 1.66. The van der Waals surface area contributed by atoms with Gasteiger partial charge in [-0.15, -0.1) is 0 Å². The number of nitriles is 1. The van der Waals surface area contributed by atoms with Crippen molar-refractivity contribution in [2.75, 3.05) is 24.2 Å². The van der Waals surface area contributed by atoms with Crippen molar-refractivity contribution < 1.29 is 0 Å². The van der Waals surface area contributed by atoms with Crippen LogP contribution in [0.4, 0.5) is 11.5 Å². The van der Waals surface area contributed by atoms with Crippen molar-refractivity contribution in [3.05, 3.63) is 6.20 Å². The van der Waals surface area contributed by atoms with Crippen molar-refractivity contribution in [2.45, 2.75) is 6.42 Å². The minimum atomic E-state index is 0.479. The monoisotopic (exact) mass is 179 g/mol. The van der Waals surface area contributed by atoms with Crippen LogP contribution in [0.15, 0.2) is 6.20 Å². The van der Waals surface area contributed by atoms with Gasteiger partial charge in [-0.2, -0.15) is 10.4 Å². The normalized spacial score (nSPS) is 9.62. The van der Waals surface area contributed by atoms with Gasteiger partial charge in [-0.25, -0.2) is 0 Å². The van der Waals surface area contributed by atoms with E-state index in [1.807, 2.05) is 19.0 Å². The van der Waals surface area contributed by atoms with E-state index in [9.17, 15) is 0 Å². The molecule has 1 heterocycles. The number of anilines is 2. The van der Waals surface area contributed by atoms with Crippen molar-refractivity contribution in [3.63, 3.8) is 0 Å². The zero-order valence-corrected chi connectivity index (χ0v) is 7.86. The van der Waals surface area contributed by atoms with Crippen molar-refractivity contribution in [1.82, 2.24) is 9.78 Å². The molecule has 0 aromatic carbocycles. The molecule has 5 heteroatoms. The van der Waals surface area contributed by atoms with Gasteiger partial charge in [0.25, 0.3) is 0 Å². The van der Waals surface area contributed by atoms with Crippen LogP contribution in [0.2, 0.25) is 0 Å². The number of nitrogen functional groups attached to an aromatic ring is 1. The predicted octanol–water partition coefficient (Wildman–Crippen LogP) is 0.352. The molecule has 13 heavy (non-hydrogen) atoms. The fraction of sp³-hybridized carbons (Fsp3) is 0.500. The zero-order valence-electron chi connectivity index (χ0n) is 7.86. The summed E-state index contributed by atoms with van der Waals surface area (Å²) in [6, 6.07) is 2.08. The van der Waals surface area contributed by atoms with Gasteiger partial charge in [0.15, 0.2) is 5.82 Å². The molecule has 1 aromatic rings. The molecule has 0 aliphatic carbocycles. The Morgan fingerprint density at radius 1 is 1.77 bits per heavy atom. The second kappa shape index (κ2) is 3.81. The van der Waals surface area contributed by atoms with Crippen molar-refractivity contribution in [1.29, 1.82) is 5.26 Å². The number of aromatic nitrogens is 2. The molecule has 70 valence electrons.